The maximum Gasteiger partial charge on any atom is 0.269 e. The largest absolute Gasteiger partial charge is 0.298 e. The van der Waals surface area contributed by atoms with Gasteiger partial charge >= 0.3 is 0 Å². The van der Waals surface area contributed by atoms with E-state index in [9.17, 15) is 19.3 Å². The standard InChI is InChI=1S/C16H9ClFN3O3/c17-16-14(9-22)15(10-1-3-11(18)4-2-10)19-20(16)12-5-7-13(8-6-12)21(23)24/h1-9H. The molecule has 8 heteroatoms. The summed E-state index contributed by atoms with van der Waals surface area (Å²) in [5.41, 5.74) is 1.37. The Labute approximate surface area is 140 Å². The van der Waals surface area contributed by atoms with E-state index in [1.807, 2.05) is 0 Å². The average molecular weight is 346 g/mol. The number of halogens is 2. The number of hydrogen-bond acceptors (Lipinski definition) is 4. The van der Waals surface area contributed by atoms with E-state index >= 15 is 0 Å². The number of carbonyl (C=O) groups is 1. The number of nitro groups is 1. The van der Waals surface area contributed by atoms with Crippen molar-refractivity contribution in [3.05, 3.63) is 75.2 Å². The molecule has 0 radical (unpaired) electrons. The summed E-state index contributed by atoms with van der Waals surface area (Å²) in [5.74, 6) is -0.410. The molecular formula is C16H9ClFN3O3. The zero-order valence-corrected chi connectivity index (χ0v) is 12.8. The highest BCUT2D eigenvalue weighted by atomic mass is 35.5. The Balaban J connectivity index is 2.11. The van der Waals surface area contributed by atoms with Crippen molar-refractivity contribution in [3.63, 3.8) is 0 Å². The van der Waals surface area contributed by atoms with Gasteiger partial charge in [0.25, 0.3) is 5.69 Å². The van der Waals surface area contributed by atoms with Gasteiger partial charge in [-0.1, -0.05) is 11.6 Å². The van der Waals surface area contributed by atoms with Crippen LogP contribution in [0.15, 0.2) is 48.5 Å². The van der Waals surface area contributed by atoms with Crippen molar-refractivity contribution >= 4 is 23.6 Å². The lowest BCUT2D eigenvalue weighted by Crippen LogP contribution is -1.97. The zero-order valence-electron chi connectivity index (χ0n) is 12.0. The van der Waals surface area contributed by atoms with Gasteiger partial charge in [-0.2, -0.15) is 5.10 Å². The Morgan fingerprint density at radius 1 is 1.12 bits per heavy atom. The summed E-state index contributed by atoms with van der Waals surface area (Å²) >= 11 is 6.21. The predicted octanol–water partition coefficient (Wildman–Crippen LogP) is 4.05. The second-order valence-electron chi connectivity index (χ2n) is 4.86. The first-order chi connectivity index (χ1) is 11.5. The van der Waals surface area contributed by atoms with Crippen LogP contribution >= 0.6 is 11.6 Å². The monoisotopic (exact) mass is 345 g/mol. The third kappa shape index (κ3) is 2.77. The molecule has 0 aliphatic carbocycles. The van der Waals surface area contributed by atoms with Gasteiger partial charge in [0.1, 0.15) is 16.7 Å². The molecule has 120 valence electrons. The summed E-state index contributed by atoms with van der Waals surface area (Å²) in [6.45, 7) is 0. The molecule has 0 spiro atoms. The second kappa shape index (κ2) is 6.21. The summed E-state index contributed by atoms with van der Waals surface area (Å²) in [6, 6.07) is 11.0. The predicted molar refractivity (Wildman–Crippen MR) is 86.0 cm³/mol. The van der Waals surface area contributed by atoms with Crippen LogP contribution in [0.5, 0.6) is 0 Å². The van der Waals surface area contributed by atoms with Gasteiger partial charge in [0.05, 0.1) is 16.2 Å². The van der Waals surface area contributed by atoms with Crippen LogP contribution in [-0.2, 0) is 0 Å². The number of nitro benzene ring substituents is 1. The van der Waals surface area contributed by atoms with Crippen molar-refractivity contribution in [3.8, 4) is 16.9 Å². The maximum atomic E-state index is 13.1. The molecule has 0 unspecified atom stereocenters. The first-order valence-corrected chi connectivity index (χ1v) is 7.13. The first kappa shape index (κ1) is 15.8. The molecule has 0 aliphatic rings. The highest BCUT2D eigenvalue weighted by molar-refractivity contribution is 6.32. The minimum Gasteiger partial charge on any atom is -0.298 e. The SMILES string of the molecule is O=Cc1c(-c2ccc(F)cc2)nn(-c2ccc([N+](=O)[O-])cc2)c1Cl. The van der Waals surface area contributed by atoms with Crippen LogP contribution in [0, 0.1) is 15.9 Å². The van der Waals surface area contributed by atoms with Crippen LogP contribution < -0.4 is 0 Å². The van der Waals surface area contributed by atoms with Gasteiger partial charge in [0.2, 0.25) is 0 Å². The Bertz CT molecular complexity index is 921. The van der Waals surface area contributed by atoms with Gasteiger partial charge in [0, 0.05) is 17.7 Å². The van der Waals surface area contributed by atoms with Gasteiger partial charge in [-0.3, -0.25) is 14.9 Å². The lowest BCUT2D eigenvalue weighted by molar-refractivity contribution is -0.384. The highest BCUT2D eigenvalue weighted by Crippen LogP contribution is 2.30. The minimum atomic E-state index is -0.519. The van der Waals surface area contributed by atoms with Crippen LogP contribution in [0.4, 0.5) is 10.1 Å². The van der Waals surface area contributed by atoms with Crippen molar-refractivity contribution in [2.75, 3.05) is 0 Å². The Hall–Kier alpha value is -3.06. The molecule has 0 atom stereocenters. The van der Waals surface area contributed by atoms with Crippen LogP contribution in [-0.4, -0.2) is 21.0 Å². The van der Waals surface area contributed by atoms with Crippen molar-refractivity contribution in [1.29, 1.82) is 0 Å². The molecule has 3 aromatic rings. The molecule has 2 aromatic carbocycles. The summed E-state index contributed by atoms with van der Waals surface area (Å²) in [4.78, 5) is 21.6. The fraction of sp³-hybridized carbons (Fsp3) is 0. The van der Waals surface area contributed by atoms with Crippen molar-refractivity contribution in [2.24, 2.45) is 0 Å². The van der Waals surface area contributed by atoms with Gasteiger partial charge in [-0.15, -0.1) is 0 Å². The van der Waals surface area contributed by atoms with E-state index < -0.39 is 10.7 Å². The number of nitrogens with zero attached hydrogens (tertiary/aromatic N) is 3. The molecular weight excluding hydrogens is 337 g/mol. The Morgan fingerprint density at radius 3 is 2.29 bits per heavy atom. The summed E-state index contributed by atoms with van der Waals surface area (Å²) in [7, 11) is 0. The Morgan fingerprint density at radius 2 is 1.75 bits per heavy atom. The number of non-ortho nitro benzene ring substituents is 1. The van der Waals surface area contributed by atoms with E-state index in [0.717, 1.165) is 0 Å². The van der Waals surface area contributed by atoms with Crippen molar-refractivity contribution in [2.45, 2.75) is 0 Å². The van der Waals surface area contributed by atoms with E-state index in [2.05, 4.69) is 5.10 Å². The molecule has 6 nitrogen and oxygen atoms in total. The number of aldehydes is 1. The molecule has 0 saturated heterocycles. The molecule has 1 heterocycles. The number of rotatable bonds is 4. The van der Waals surface area contributed by atoms with Crippen molar-refractivity contribution < 1.29 is 14.1 Å². The maximum absolute atomic E-state index is 13.1. The van der Waals surface area contributed by atoms with E-state index in [-0.39, 0.29) is 16.4 Å². The second-order valence-corrected chi connectivity index (χ2v) is 5.22. The third-order valence-corrected chi connectivity index (χ3v) is 3.77. The topological polar surface area (TPSA) is 78.0 Å². The quantitative estimate of drug-likeness (QED) is 0.406. The molecule has 0 saturated carbocycles. The normalized spacial score (nSPS) is 10.6. The van der Waals surface area contributed by atoms with Gasteiger partial charge < -0.3 is 0 Å². The Kier molecular flexibility index (Phi) is 4.09. The lowest BCUT2D eigenvalue weighted by Gasteiger charge is -2.02. The molecule has 0 fully saturated rings. The third-order valence-electron chi connectivity index (χ3n) is 3.40. The van der Waals surface area contributed by atoms with E-state index in [1.54, 1.807) is 0 Å². The summed E-state index contributed by atoms with van der Waals surface area (Å²) in [6.07, 6.45) is 0.565. The van der Waals surface area contributed by atoms with Crippen LogP contribution in [0.25, 0.3) is 16.9 Å². The van der Waals surface area contributed by atoms with Crippen LogP contribution in [0.2, 0.25) is 5.15 Å². The number of benzene rings is 2. The fourth-order valence-electron chi connectivity index (χ4n) is 2.22. The van der Waals surface area contributed by atoms with Crippen LogP contribution in [0.3, 0.4) is 0 Å². The smallest absolute Gasteiger partial charge is 0.269 e. The minimum absolute atomic E-state index is 0.0678. The lowest BCUT2D eigenvalue weighted by atomic mass is 10.1. The van der Waals surface area contributed by atoms with Gasteiger partial charge in [-0.05, 0) is 36.4 Å². The van der Waals surface area contributed by atoms with E-state index in [4.69, 9.17) is 11.6 Å². The summed E-state index contributed by atoms with van der Waals surface area (Å²) < 4.78 is 14.4. The molecule has 24 heavy (non-hydrogen) atoms. The van der Waals surface area contributed by atoms with Gasteiger partial charge in [-0.25, -0.2) is 9.07 Å². The number of carbonyl (C=O) groups excluding carboxylic acids is 1. The molecule has 0 aliphatic heterocycles. The zero-order chi connectivity index (χ0) is 17.3. The van der Waals surface area contributed by atoms with E-state index in [1.165, 1.54) is 53.2 Å². The summed E-state index contributed by atoms with van der Waals surface area (Å²) in [5, 5.41) is 15.1. The van der Waals surface area contributed by atoms with Crippen molar-refractivity contribution in [1.82, 2.24) is 9.78 Å². The number of hydrogen-bond donors (Lipinski definition) is 0. The van der Waals surface area contributed by atoms with E-state index in [0.29, 0.717) is 23.2 Å². The molecule has 0 N–H and O–H groups in total. The van der Waals surface area contributed by atoms with Gasteiger partial charge in [0.15, 0.2) is 6.29 Å². The molecule has 3 rings (SSSR count). The molecule has 0 amide bonds. The molecule has 1 aromatic heterocycles. The first-order valence-electron chi connectivity index (χ1n) is 6.75. The van der Waals surface area contributed by atoms with Crippen LogP contribution in [0.1, 0.15) is 10.4 Å². The molecule has 0 bridgehead atoms. The fourth-order valence-corrected chi connectivity index (χ4v) is 2.49. The number of aromatic nitrogens is 2. The highest BCUT2D eigenvalue weighted by Gasteiger charge is 2.19. The average Bonchev–Trinajstić information content (AvgIpc) is 2.92.